The quantitative estimate of drug-likeness (QED) is 0.808. The topological polar surface area (TPSA) is 21.3 Å². The van der Waals surface area contributed by atoms with E-state index in [1.165, 1.54) is 4.88 Å². The molecule has 20 heavy (non-hydrogen) atoms. The average molecular weight is 330 g/mol. The monoisotopic (exact) mass is 329 g/mol. The predicted molar refractivity (Wildman–Crippen MR) is 87.5 cm³/mol. The fourth-order valence-electron chi connectivity index (χ4n) is 2.14. The Balaban J connectivity index is 2.25. The SMILES string of the molecule is CCNC(Cc1ccc(Cl)cc1Cl)c1sccc1OC. The van der Waals surface area contributed by atoms with Crippen molar-refractivity contribution in [2.45, 2.75) is 19.4 Å². The third-order valence-corrected chi connectivity index (χ3v) is 4.68. The summed E-state index contributed by atoms with van der Waals surface area (Å²) in [5.74, 6) is 0.922. The zero-order valence-corrected chi connectivity index (χ0v) is 13.8. The van der Waals surface area contributed by atoms with Crippen molar-refractivity contribution in [3.8, 4) is 5.75 Å². The molecule has 5 heteroatoms. The first-order chi connectivity index (χ1) is 9.65. The van der Waals surface area contributed by atoms with Crippen LogP contribution >= 0.6 is 34.5 Å². The Kier molecular flexibility index (Phi) is 5.73. The molecule has 0 saturated carbocycles. The van der Waals surface area contributed by atoms with Crippen molar-refractivity contribution in [3.05, 3.63) is 50.1 Å². The molecule has 0 spiro atoms. The second-order valence-corrected chi connectivity index (χ2v) is 6.19. The highest BCUT2D eigenvalue weighted by molar-refractivity contribution is 7.10. The molecule has 1 atom stereocenters. The van der Waals surface area contributed by atoms with Gasteiger partial charge in [-0.25, -0.2) is 0 Å². The van der Waals surface area contributed by atoms with Gasteiger partial charge >= 0.3 is 0 Å². The molecule has 1 aromatic heterocycles. The zero-order chi connectivity index (χ0) is 14.5. The molecule has 2 rings (SSSR count). The highest BCUT2D eigenvalue weighted by atomic mass is 35.5. The minimum absolute atomic E-state index is 0.189. The summed E-state index contributed by atoms with van der Waals surface area (Å²) in [6.45, 7) is 2.98. The van der Waals surface area contributed by atoms with Gasteiger partial charge in [-0.2, -0.15) is 0 Å². The van der Waals surface area contributed by atoms with Crippen molar-refractivity contribution in [2.24, 2.45) is 0 Å². The number of nitrogens with one attached hydrogen (secondary N) is 1. The van der Waals surface area contributed by atoms with Gasteiger partial charge in [0.05, 0.1) is 12.0 Å². The Bertz CT molecular complexity index is 571. The fourth-order valence-corrected chi connectivity index (χ4v) is 3.57. The summed E-state index contributed by atoms with van der Waals surface area (Å²) in [5.41, 5.74) is 1.08. The number of benzene rings is 1. The first-order valence-corrected chi connectivity index (χ1v) is 8.08. The van der Waals surface area contributed by atoms with E-state index >= 15 is 0 Å². The summed E-state index contributed by atoms with van der Waals surface area (Å²) in [5, 5.41) is 6.90. The Labute approximate surface area is 133 Å². The maximum Gasteiger partial charge on any atom is 0.134 e. The Morgan fingerprint density at radius 1 is 1.30 bits per heavy atom. The molecular formula is C15H17Cl2NOS. The van der Waals surface area contributed by atoms with Gasteiger partial charge in [0.2, 0.25) is 0 Å². The van der Waals surface area contributed by atoms with E-state index in [2.05, 4.69) is 12.2 Å². The molecular weight excluding hydrogens is 313 g/mol. The van der Waals surface area contributed by atoms with E-state index < -0.39 is 0 Å². The molecule has 0 saturated heterocycles. The molecule has 1 heterocycles. The second kappa shape index (κ2) is 7.32. The maximum absolute atomic E-state index is 6.27. The molecule has 2 aromatic rings. The van der Waals surface area contributed by atoms with Gasteiger partial charge < -0.3 is 10.1 Å². The average Bonchev–Trinajstić information content (AvgIpc) is 2.89. The minimum atomic E-state index is 0.189. The van der Waals surface area contributed by atoms with E-state index in [0.717, 1.165) is 24.3 Å². The van der Waals surface area contributed by atoms with Crippen molar-refractivity contribution in [3.63, 3.8) is 0 Å². The Morgan fingerprint density at radius 2 is 2.10 bits per heavy atom. The van der Waals surface area contributed by atoms with Crippen LogP contribution in [0, 0.1) is 0 Å². The Hall–Kier alpha value is -0.740. The van der Waals surface area contributed by atoms with Crippen LogP contribution in [0.4, 0.5) is 0 Å². The van der Waals surface area contributed by atoms with Crippen molar-refractivity contribution < 1.29 is 4.74 Å². The van der Waals surface area contributed by atoms with Crippen LogP contribution in [0.1, 0.15) is 23.4 Å². The highest BCUT2D eigenvalue weighted by Gasteiger charge is 2.18. The third kappa shape index (κ3) is 3.67. The lowest BCUT2D eigenvalue weighted by Gasteiger charge is -2.19. The van der Waals surface area contributed by atoms with E-state index in [-0.39, 0.29) is 6.04 Å². The molecule has 0 aliphatic carbocycles. The van der Waals surface area contributed by atoms with Crippen LogP contribution in [-0.4, -0.2) is 13.7 Å². The highest BCUT2D eigenvalue weighted by Crippen LogP contribution is 2.34. The van der Waals surface area contributed by atoms with Gasteiger partial charge in [-0.05, 0) is 42.1 Å². The maximum atomic E-state index is 6.27. The van der Waals surface area contributed by atoms with E-state index in [0.29, 0.717) is 10.0 Å². The summed E-state index contributed by atoms with van der Waals surface area (Å²) in [6, 6.07) is 7.82. The van der Waals surface area contributed by atoms with Gasteiger partial charge in [-0.1, -0.05) is 36.2 Å². The number of methoxy groups -OCH3 is 1. The third-order valence-electron chi connectivity index (χ3n) is 3.08. The molecule has 1 aromatic carbocycles. The number of hydrogen-bond donors (Lipinski definition) is 1. The Morgan fingerprint density at radius 3 is 2.75 bits per heavy atom. The van der Waals surface area contributed by atoms with Crippen molar-refractivity contribution >= 4 is 34.5 Å². The van der Waals surface area contributed by atoms with E-state index in [9.17, 15) is 0 Å². The summed E-state index contributed by atoms with van der Waals surface area (Å²) in [6.07, 6.45) is 0.806. The molecule has 0 bridgehead atoms. The number of likely N-dealkylation sites (N-methyl/N-ethyl adjacent to an activating group) is 1. The molecule has 108 valence electrons. The largest absolute Gasteiger partial charge is 0.496 e. The molecule has 1 unspecified atom stereocenters. The first-order valence-electron chi connectivity index (χ1n) is 6.44. The van der Waals surface area contributed by atoms with E-state index in [1.54, 1.807) is 24.5 Å². The molecule has 0 aliphatic rings. The number of ether oxygens (including phenoxy) is 1. The van der Waals surface area contributed by atoms with Crippen LogP contribution in [0.5, 0.6) is 5.75 Å². The lowest BCUT2D eigenvalue weighted by Crippen LogP contribution is -2.22. The van der Waals surface area contributed by atoms with Crippen LogP contribution < -0.4 is 10.1 Å². The second-order valence-electron chi connectivity index (χ2n) is 4.40. The van der Waals surface area contributed by atoms with Crippen LogP contribution in [0.3, 0.4) is 0 Å². The number of hydrogen-bond acceptors (Lipinski definition) is 3. The van der Waals surface area contributed by atoms with Gasteiger partial charge in [0.15, 0.2) is 0 Å². The minimum Gasteiger partial charge on any atom is -0.496 e. The number of thiophene rings is 1. The summed E-state index contributed by atoms with van der Waals surface area (Å²) >= 11 is 13.9. The summed E-state index contributed by atoms with van der Waals surface area (Å²) in [7, 11) is 1.70. The normalized spacial score (nSPS) is 12.4. The molecule has 0 radical (unpaired) electrons. The van der Waals surface area contributed by atoms with Crippen LogP contribution in [-0.2, 0) is 6.42 Å². The van der Waals surface area contributed by atoms with Gasteiger partial charge in [0.25, 0.3) is 0 Å². The first kappa shape index (κ1) is 15.6. The lowest BCUT2D eigenvalue weighted by molar-refractivity contribution is 0.403. The van der Waals surface area contributed by atoms with E-state index in [1.807, 2.05) is 23.6 Å². The van der Waals surface area contributed by atoms with Gasteiger partial charge in [0, 0.05) is 16.1 Å². The predicted octanol–water partition coefficient (Wildman–Crippen LogP) is 4.96. The lowest BCUT2D eigenvalue weighted by atomic mass is 10.0. The van der Waals surface area contributed by atoms with Crippen LogP contribution in [0.15, 0.2) is 29.6 Å². The molecule has 0 fully saturated rings. The molecule has 0 amide bonds. The van der Waals surface area contributed by atoms with Crippen molar-refractivity contribution in [1.82, 2.24) is 5.32 Å². The fraction of sp³-hybridized carbons (Fsp3) is 0.333. The van der Waals surface area contributed by atoms with Crippen molar-refractivity contribution in [2.75, 3.05) is 13.7 Å². The standard InChI is InChI=1S/C15H17Cl2NOS/c1-3-18-13(15-14(19-2)6-7-20-15)8-10-4-5-11(16)9-12(10)17/h4-7,9,13,18H,3,8H2,1-2H3. The van der Waals surface area contributed by atoms with Gasteiger partial charge in [-0.15, -0.1) is 11.3 Å². The van der Waals surface area contributed by atoms with Gasteiger partial charge in [-0.3, -0.25) is 0 Å². The molecule has 1 N–H and O–H groups in total. The smallest absolute Gasteiger partial charge is 0.134 e. The molecule has 0 aliphatic heterocycles. The van der Waals surface area contributed by atoms with Crippen LogP contribution in [0.25, 0.3) is 0 Å². The van der Waals surface area contributed by atoms with Crippen molar-refractivity contribution in [1.29, 1.82) is 0 Å². The number of halogens is 2. The molecule has 2 nitrogen and oxygen atoms in total. The zero-order valence-electron chi connectivity index (χ0n) is 11.5. The van der Waals surface area contributed by atoms with Gasteiger partial charge in [0.1, 0.15) is 5.75 Å². The summed E-state index contributed by atoms with van der Waals surface area (Å²) in [4.78, 5) is 1.19. The summed E-state index contributed by atoms with van der Waals surface area (Å²) < 4.78 is 5.42. The van der Waals surface area contributed by atoms with Crippen LogP contribution in [0.2, 0.25) is 10.0 Å². The van der Waals surface area contributed by atoms with E-state index in [4.69, 9.17) is 27.9 Å². The number of rotatable bonds is 6.